The number of Topliss-reactive ketones (excluding diaryl/α,β-unsaturated/α-hetero) is 1. The molecule has 4 rings (SSSR count). The number of hydrogen-bond donors (Lipinski definition) is 0. The molecule has 37 heavy (non-hydrogen) atoms. The van der Waals surface area contributed by atoms with Gasteiger partial charge in [0.15, 0.2) is 5.78 Å². The highest BCUT2D eigenvalue weighted by Gasteiger charge is 2.41. The summed E-state index contributed by atoms with van der Waals surface area (Å²) >= 11 is 0. The third-order valence-electron chi connectivity index (χ3n) is 6.75. The maximum atomic E-state index is 13.1. The lowest BCUT2D eigenvalue weighted by atomic mass is 9.99. The minimum absolute atomic E-state index is 0.00519. The van der Waals surface area contributed by atoms with Gasteiger partial charge in [0.25, 0.3) is 5.91 Å². The van der Waals surface area contributed by atoms with Crippen molar-refractivity contribution in [3.63, 3.8) is 0 Å². The van der Waals surface area contributed by atoms with Crippen LogP contribution in [0, 0.1) is 5.92 Å². The van der Waals surface area contributed by atoms with E-state index in [1.807, 2.05) is 56.0 Å². The maximum Gasteiger partial charge on any atom is 0.414 e. The Morgan fingerprint density at radius 1 is 1.00 bits per heavy atom. The Hall–Kier alpha value is -3.68. The van der Waals surface area contributed by atoms with Gasteiger partial charge >= 0.3 is 6.09 Å². The molecule has 0 spiro atoms. The number of carbonyl (C=O) groups excluding carboxylic acids is 4. The van der Waals surface area contributed by atoms with Crippen LogP contribution in [0.25, 0.3) is 11.1 Å². The van der Waals surface area contributed by atoms with Crippen LogP contribution in [0.15, 0.2) is 42.5 Å². The van der Waals surface area contributed by atoms with Crippen molar-refractivity contribution in [1.29, 1.82) is 0 Å². The highest BCUT2D eigenvalue weighted by Crippen LogP contribution is 2.42. The molecule has 0 saturated heterocycles. The van der Waals surface area contributed by atoms with Crippen molar-refractivity contribution in [1.82, 2.24) is 4.90 Å². The Morgan fingerprint density at radius 3 is 2.24 bits per heavy atom. The smallest absolute Gasteiger partial charge is 0.414 e. The average molecular weight is 506 g/mol. The number of hydrogen-bond acceptors (Lipinski definition) is 5. The van der Waals surface area contributed by atoms with E-state index in [0.717, 1.165) is 24.0 Å². The number of benzene rings is 2. The van der Waals surface area contributed by atoms with Crippen LogP contribution in [0.1, 0.15) is 57.3 Å². The van der Waals surface area contributed by atoms with E-state index in [-0.39, 0.29) is 42.2 Å². The van der Waals surface area contributed by atoms with Crippen molar-refractivity contribution in [2.75, 3.05) is 29.9 Å². The summed E-state index contributed by atoms with van der Waals surface area (Å²) in [5, 5.41) is 0. The van der Waals surface area contributed by atoms with Gasteiger partial charge in [0.2, 0.25) is 5.91 Å². The molecule has 8 heteroatoms. The zero-order valence-corrected chi connectivity index (χ0v) is 22.2. The Morgan fingerprint density at radius 2 is 1.65 bits per heavy atom. The van der Waals surface area contributed by atoms with E-state index < -0.39 is 6.09 Å². The topological polar surface area (TPSA) is 87.2 Å². The van der Waals surface area contributed by atoms with Gasteiger partial charge in [0, 0.05) is 31.5 Å². The van der Waals surface area contributed by atoms with Gasteiger partial charge in [-0.1, -0.05) is 25.1 Å². The van der Waals surface area contributed by atoms with E-state index in [2.05, 4.69) is 0 Å². The molecular formula is C29H35N3O5. The fourth-order valence-corrected chi connectivity index (χ4v) is 4.58. The van der Waals surface area contributed by atoms with E-state index in [0.29, 0.717) is 29.9 Å². The molecule has 196 valence electrons. The van der Waals surface area contributed by atoms with E-state index in [4.69, 9.17) is 4.74 Å². The van der Waals surface area contributed by atoms with Crippen molar-refractivity contribution >= 4 is 35.1 Å². The second-order valence-corrected chi connectivity index (χ2v) is 10.2. The molecule has 2 aromatic carbocycles. The Labute approximate surface area is 218 Å². The lowest BCUT2D eigenvalue weighted by molar-refractivity contribution is -0.120. The molecule has 0 aromatic heterocycles. The first-order valence-electron chi connectivity index (χ1n) is 12.9. The molecule has 1 heterocycles. The second kappa shape index (κ2) is 10.7. The van der Waals surface area contributed by atoms with Crippen molar-refractivity contribution in [3.05, 3.63) is 48.0 Å². The number of amides is 3. The van der Waals surface area contributed by atoms with Crippen LogP contribution in [0.3, 0.4) is 0 Å². The number of ether oxygens (including phenoxy) is 1. The molecule has 0 N–H and O–H groups in total. The Kier molecular flexibility index (Phi) is 7.66. The number of fused-ring (bicyclic) bond motifs is 1. The van der Waals surface area contributed by atoms with Crippen LogP contribution >= 0.6 is 0 Å². The molecule has 3 amide bonds. The molecule has 8 nitrogen and oxygen atoms in total. The normalized spacial score (nSPS) is 16.9. The first-order valence-corrected chi connectivity index (χ1v) is 12.9. The SMILES string of the molecule is CCC(=O)CN(C)C(=O)c1ccc(-c2ccc3c(c2)N(C(=O)OC(C)C)C[C@H](C)N3C(=O)C2CC2)cc1. The Balaban J connectivity index is 1.65. The van der Waals surface area contributed by atoms with Crippen molar-refractivity contribution in [3.8, 4) is 11.1 Å². The lowest BCUT2D eigenvalue weighted by Gasteiger charge is -2.41. The lowest BCUT2D eigenvalue weighted by Crippen LogP contribution is -2.52. The first kappa shape index (κ1) is 26.4. The van der Waals surface area contributed by atoms with Crippen LogP contribution in [0.4, 0.5) is 16.2 Å². The summed E-state index contributed by atoms with van der Waals surface area (Å²) in [5.74, 6) is -0.0536. The monoisotopic (exact) mass is 505 g/mol. The number of nitrogens with zero attached hydrogens (tertiary/aromatic N) is 3. The van der Waals surface area contributed by atoms with Gasteiger partial charge in [-0.2, -0.15) is 0 Å². The summed E-state index contributed by atoms with van der Waals surface area (Å²) in [7, 11) is 1.62. The molecule has 1 saturated carbocycles. The van der Waals surface area contributed by atoms with Crippen molar-refractivity contribution in [2.24, 2.45) is 5.92 Å². The predicted octanol–water partition coefficient (Wildman–Crippen LogP) is 4.90. The van der Waals surface area contributed by atoms with Gasteiger partial charge in [-0.05, 0) is 69.0 Å². The molecule has 1 atom stereocenters. The molecule has 1 aliphatic carbocycles. The molecular weight excluding hydrogens is 470 g/mol. The number of likely N-dealkylation sites (N-methyl/N-ethyl adjacent to an activating group) is 1. The molecule has 0 unspecified atom stereocenters. The molecule has 0 bridgehead atoms. The van der Waals surface area contributed by atoms with Crippen LogP contribution in [-0.4, -0.2) is 60.9 Å². The minimum Gasteiger partial charge on any atom is -0.446 e. The number of ketones is 1. The third-order valence-corrected chi connectivity index (χ3v) is 6.75. The van der Waals surface area contributed by atoms with Crippen LogP contribution < -0.4 is 9.80 Å². The highest BCUT2D eigenvalue weighted by atomic mass is 16.6. The maximum absolute atomic E-state index is 13.1. The fourth-order valence-electron chi connectivity index (χ4n) is 4.58. The predicted molar refractivity (Wildman–Crippen MR) is 143 cm³/mol. The quantitative estimate of drug-likeness (QED) is 0.534. The zero-order chi connectivity index (χ0) is 26.9. The van der Waals surface area contributed by atoms with Gasteiger partial charge in [-0.15, -0.1) is 0 Å². The van der Waals surface area contributed by atoms with E-state index in [1.165, 1.54) is 4.90 Å². The summed E-state index contributed by atoms with van der Waals surface area (Å²) in [5.41, 5.74) is 3.54. The van der Waals surface area contributed by atoms with Gasteiger partial charge in [0.1, 0.15) is 0 Å². The molecule has 1 fully saturated rings. The Bertz CT molecular complexity index is 1200. The fraction of sp³-hybridized carbons (Fsp3) is 0.448. The standard InChI is InChI=1S/C29H35N3O5/c1-6-24(33)17-30(5)27(34)21-9-7-20(8-10-21)23-13-14-25-26(15-23)31(29(36)37-18(2)3)16-19(4)32(25)28(35)22-11-12-22/h7-10,13-15,18-19,22H,6,11-12,16-17H2,1-5H3/t19-/m0/s1. The van der Waals surface area contributed by atoms with Crippen LogP contribution in [0.2, 0.25) is 0 Å². The van der Waals surface area contributed by atoms with Gasteiger partial charge in [-0.3, -0.25) is 19.3 Å². The largest absolute Gasteiger partial charge is 0.446 e. The van der Waals surface area contributed by atoms with Crippen LogP contribution in [0.5, 0.6) is 0 Å². The van der Waals surface area contributed by atoms with E-state index >= 15 is 0 Å². The second-order valence-electron chi connectivity index (χ2n) is 10.2. The van der Waals surface area contributed by atoms with E-state index in [1.54, 1.807) is 31.0 Å². The molecule has 2 aromatic rings. The van der Waals surface area contributed by atoms with Gasteiger partial charge in [0.05, 0.1) is 30.1 Å². The average Bonchev–Trinajstić information content (AvgIpc) is 3.72. The first-order chi connectivity index (χ1) is 17.6. The number of carbonyl (C=O) groups is 4. The molecule has 1 aliphatic heterocycles. The summed E-state index contributed by atoms with van der Waals surface area (Å²) in [4.78, 5) is 55.4. The van der Waals surface area contributed by atoms with E-state index in [9.17, 15) is 19.2 Å². The third kappa shape index (κ3) is 5.68. The number of anilines is 2. The minimum atomic E-state index is -0.440. The molecule has 0 radical (unpaired) electrons. The summed E-state index contributed by atoms with van der Waals surface area (Å²) < 4.78 is 5.51. The summed E-state index contributed by atoms with van der Waals surface area (Å²) in [6.45, 7) is 7.77. The summed E-state index contributed by atoms with van der Waals surface area (Å²) in [6, 6.07) is 12.7. The van der Waals surface area contributed by atoms with Crippen LogP contribution in [-0.2, 0) is 14.3 Å². The van der Waals surface area contributed by atoms with Gasteiger partial charge in [-0.25, -0.2) is 4.79 Å². The zero-order valence-electron chi connectivity index (χ0n) is 22.2. The highest BCUT2D eigenvalue weighted by molar-refractivity contribution is 6.05. The molecule has 2 aliphatic rings. The number of rotatable bonds is 7. The summed E-state index contributed by atoms with van der Waals surface area (Å²) in [6.07, 6.45) is 1.49. The van der Waals surface area contributed by atoms with Crippen molar-refractivity contribution < 1.29 is 23.9 Å². The van der Waals surface area contributed by atoms with Gasteiger partial charge < -0.3 is 14.5 Å². The van der Waals surface area contributed by atoms with Crippen molar-refractivity contribution in [2.45, 2.75) is 59.1 Å².